The molecule has 0 saturated heterocycles. The van der Waals surface area contributed by atoms with Crippen LogP contribution in [-0.4, -0.2) is 26.4 Å². The molecule has 0 aliphatic heterocycles. The molecule has 0 aliphatic rings. The zero-order valence-electron chi connectivity index (χ0n) is 19.8. The summed E-state index contributed by atoms with van der Waals surface area (Å²) in [5, 5.41) is 0. The van der Waals surface area contributed by atoms with Gasteiger partial charge in [0.2, 0.25) is 0 Å². The van der Waals surface area contributed by atoms with Gasteiger partial charge in [-0.3, -0.25) is 9.13 Å². The second kappa shape index (κ2) is 25.4. The minimum atomic E-state index is -4.02. The second-order valence-electron chi connectivity index (χ2n) is 7.06. The van der Waals surface area contributed by atoms with E-state index in [-0.39, 0.29) is 43.5 Å². The van der Waals surface area contributed by atoms with Gasteiger partial charge in [0, 0.05) is 0 Å². The van der Waals surface area contributed by atoms with Crippen molar-refractivity contribution in [1.82, 2.24) is 0 Å². The van der Waals surface area contributed by atoms with E-state index in [1.165, 1.54) is 0 Å². The molecular weight excluding hydrogens is 486 g/mol. The molecule has 0 N–H and O–H groups in total. The second-order valence-corrected chi connectivity index (χ2v) is 9.88. The maximum absolute atomic E-state index is 11.1. The molecule has 0 spiro atoms. The summed E-state index contributed by atoms with van der Waals surface area (Å²) in [7, 11) is -8.05. The molecule has 190 valence electrons. The van der Waals surface area contributed by atoms with Crippen LogP contribution in [0.15, 0.2) is 0 Å². The standard InChI is InChI=1S/2C10H23O4P.Fe/c2*1-3-5-7-9-13-15(11,12)14-10-8-6-4-2;/h2*3-10H2,1-2H3,(H,11,12);/q;;+2/p-2. The Morgan fingerprint density at radius 1 is 0.484 bits per heavy atom. The third-order valence-electron chi connectivity index (χ3n) is 3.99. The Bertz CT molecular complexity index is 383. The van der Waals surface area contributed by atoms with Gasteiger partial charge in [-0.25, -0.2) is 0 Å². The fourth-order valence-corrected chi connectivity index (χ4v) is 3.75. The Morgan fingerprint density at radius 2 is 0.677 bits per heavy atom. The number of hydrogen-bond donors (Lipinski definition) is 0. The molecule has 0 aromatic carbocycles. The van der Waals surface area contributed by atoms with Crippen LogP contribution < -0.4 is 9.79 Å². The minimum absolute atomic E-state index is 0. The molecule has 0 amide bonds. The molecule has 0 bridgehead atoms. The summed E-state index contributed by atoms with van der Waals surface area (Å²) < 4.78 is 41.0. The molecule has 0 radical (unpaired) electrons. The van der Waals surface area contributed by atoms with E-state index in [0.29, 0.717) is 0 Å². The number of phosphoric acid groups is 2. The van der Waals surface area contributed by atoms with Crippen LogP contribution in [0.1, 0.15) is 105 Å². The van der Waals surface area contributed by atoms with Crippen LogP contribution in [0.5, 0.6) is 0 Å². The van der Waals surface area contributed by atoms with Crippen molar-refractivity contribution in [1.29, 1.82) is 0 Å². The summed E-state index contributed by atoms with van der Waals surface area (Å²) in [6.45, 7) is 9.17. The Morgan fingerprint density at radius 3 is 0.839 bits per heavy atom. The number of hydrogen-bond acceptors (Lipinski definition) is 8. The van der Waals surface area contributed by atoms with Crippen LogP contribution in [0.3, 0.4) is 0 Å². The largest absolute Gasteiger partial charge is 2.00 e. The molecule has 0 unspecified atom stereocenters. The molecular formula is C20H44FeO8P2. The van der Waals surface area contributed by atoms with Gasteiger partial charge in [0.15, 0.2) is 0 Å². The van der Waals surface area contributed by atoms with Crippen molar-refractivity contribution in [3.05, 3.63) is 0 Å². The van der Waals surface area contributed by atoms with E-state index < -0.39 is 15.6 Å². The van der Waals surface area contributed by atoms with Crippen molar-refractivity contribution < 1.29 is 54.1 Å². The van der Waals surface area contributed by atoms with Gasteiger partial charge < -0.3 is 27.9 Å². The molecule has 31 heavy (non-hydrogen) atoms. The molecule has 0 aliphatic carbocycles. The fourth-order valence-electron chi connectivity index (χ4n) is 2.19. The zero-order valence-corrected chi connectivity index (χ0v) is 22.7. The Kier molecular flexibility index (Phi) is 29.7. The van der Waals surface area contributed by atoms with E-state index in [4.69, 9.17) is 0 Å². The molecule has 0 saturated carbocycles. The predicted octanol–water partition coefficient (Wildman–Crippen LogP) is 5.73. The van der Waals surface area contributed by atoms with Gasteiger partial charge in [-0.1, -0.05) is 79.1 Å². The molecule has 0 fully saturated rings. The number of rotatable bonds is 20. The molecule has 11 heteroatoms. The van der Waals surface area contributed by atoms with Crippen molar-refractivity contribution in [2.45, 2.75) is 105 Å². The smallest absolute Gasteiger partial charge is 0.756 e. The molecule has 0 heterocycles. The first kappa shape index (κ1) is 36.3. The van der Waals surface area contributed by atoms with Crippen molar-refractivity contribution in [2.75, 3.05) is 26.4 Å². The van der Waals surface area contributed by atoms with Crippen molar-refractivity contribution >= 4 is 15.6 Å². The van der Waals surface area contributed by atoms with Gasteiger partial charge in [0.1, 0.15) is 0 Å². The first-order valence-electron chi connectivity index (χ1n) is 11.4. The minimum Gasteiger partial charge on any atom is -0.756 e. The van der Waals surface area contributed by atoms with Crippen LogP contribution in [0.4, 0.5) is 0 Å². The van der Waals surface area contributed by atoms with Gasteiger partial charge in [-0.05, 0) is 25.7 Å². The summed E-state index contributed by atoms with van der Waals surface area (Å²) in [4.78, 5) is 22.3. The average molecular weight is 530 g/mol. The van der Waals surface area contributed by atoms with E-state index in [9.17, 15) is 18.9 Å². The Balaban J connectivity index is -0.000000490. The third-order valence-corrected chi connectivity index (χ3v) is 5.98. The van der Waals surface area contributed by atoms with Gasteiger partial charge in [-0.15, -0.1) is 0 Å². The SMILES string of the molecule is CCCCCOP(=O)([O-])OCCCCC.CCCCCOP(=O)([O-])OCCCCC.[Fe+2]. The first-order valence-corrected chi connectivity index (χ1v) is 14.4. The van der Waals surface area contributed by atoms with Crippen LogP contribution in [0, 0.1) is 0 Å². The van der Waals surface area contributed by atoms with Gasteiger partial charge in [-0.2, -0.15) is 0 Å². The predicted molar refractivity (Wildman–Crippen MR) is 117 cm³/mol. The quantitative estimate of drug-likeness (QED) is 0.111. The van der Waals surface area contributed by atoms with Gasteiger partial charge >= 0.3 is 17.1 Å². The topological polar surface area (TPSA) is 117 Å². The molecule has 0 rings (SSSR count). The maximum Gasteiger partial charge on any atom is 2.00 e. The first-order chi connectivity index (χ1) is 14.2. The normalized spacial score (nSPS) is 11.5. The van der Waals surface area contributed by atoms with Crippen LogP contribution in [0.2, 0.25) is 0 Å². The monoisotopic (exact) mass is 530 g/mol. The van der Waals surface area contributed by atoms with E-state index in [1.54, 1.807) is 0 Å². The third kappa shape index (κ3) is 30.7. The van der Waals surface area contributed by atoms with Crippen molar-refractivity contribution in [3.63, 3.8) is 0 Å². The fraction of sp³-hybridized carbons (Fsp3) is 1.00. The Labute approximate surface area is 200 Å². The molecule has 8 nitrogen and oxygen atoms in total. The number of unbranched alkanes of at least 4 members (excludes halogenated alkanes) is 8. The maximum atomic E-state index is 11.1. The van der Waals surface area contributed by atoms with Gasteiger partial charge in [0.25, 0.3) is 15.6 Å². The summed E-state index contributed by atoms with van der Waals surface area (Å²) in [5.74, 6) is 0. The van der Waals surface area contributed by atoms with Gasteiger partial charge in [0.05, 0.1) is 26.4 Å². The summed E-state index contributed by atoms with van der Waals surface area (Å²) in [5.41, 5.74) is 0. The van der Waals surface area contributed by atoms with Crippen molar-refractivity contribution in [2.24, 2.45) is 0 Å². The van der Waals surface area contributed by atoms with E-state index >= 15 is 0 Å². The summed E-state index contributed by atoms with van der Waals surface area (Å²) >= 11 is 0. The van der Waals surface area contributed by atoms with Crippen LogP contribution >= 0.6 is 15.6 Å². The molecule has 0 aromatic heterocycles. The molecule has 0 atom stereocenters. The van der Waals surface area contributed by atoms with E-state index in [0.717, 1.165) is 77.0 Å². The van der Waals surface area contributed by atoms with E-state index in [2.05, 4.69) is 45.8 Å². The molecule has 0 aromatic rings. The summed E-state index contributed by atoms with van der Waals surface area (Å²) in [6, 6.07) is 0. The van der Waals surface area contributed by atoms with Crippen molar-refractivity contribution in [3.8, 4) is 0 Å². The average Bonchev–Trinajstić information content (AvgIpc) is 2.70. The zero-order chi connectivity index (χ0) is 23.1. The summed E-state index contributed by atoms with van der Waals surface area (Å²) in [6.07, 6.45) is 11.2. The van der Waals surface area contributed by atoms with E-state index in [1.807, 2.05) is 0 Å². The number of phosphoric ester groups is 2. The van der Waals surface area contributed by atoms with Crippen LogP contribution in [-0.2, 0) is 44.3 Å². The Hall–Kier alpha value is 0.739. The van der Waals surface area contributed by atoms with Crippen LogP contribution in [0.25, 0.3) is 0 Å².